The van der Waals surface area contributed by atoms with E-state index in [-0.39, 0.29) is 24.8 Å². The molecule has 3 atom stereocenters. The van der Waals surface area contributed by atoms with Crippen LogP contribution in [0.1, 0.15) is 51.6 Å². The van der Waals surface area contributed by atoms with Gasteiger partial charge in [0, 0.05) is 31.1 Å². The fourth-order valence-corrected chi connectivity index (χ4v) is 4.36. The molecule has 9 nitrogen and oxygen atoms in total. The first-order chi connectivity index (χ1) is 15.5. The summed E-state index contributed by atoms with van der Waals surface area (Å²) in [5.74, 6) is -1.07. The minimum absolute atomic E-state index is 0.0276. The summed E-state index contributed by atoms with van der Waals surface area (Å²) in [4.78, 5) is 37.4. The highest BCUT2D eigenvalue weighted by molar-refractivity contribution is 6.02. The number of aryl methyl sites for hydroxylation is 1. The molecule has 1 aromatic carbocycles. The summed E-state index contributed by atoms with van der Waals surface area (Å²) in [7, 11) is 1.79. The van der Waals surface area contributed by atoms with Crippen LogP contribution < -0.4 is 10.6 Å². The maximum Gasteiger partial charge on any atom is 0.410 e. The summed E-state index contributed by atoms with van der Waals surface area (Å²) in [5.41, 5.74) is 1.56. The van der Waals surface area contributed by atoms with Gasteiger partial charge in [-0.3, -0.25) is 19.6 Å². The minimum atomic E-state index is -1.24. The average molecular weight is 460 g/mol. The van der Waals surface area contributed by atoms with E-state index in [4.69, 9.17) is 4.74 Å². The molecule has 1 unspecified atom stereocenters. The summed E-state index contributed by atoms with van der Waals surface area (Å²) in [6.45, 7) is 5.73. The number of piperidine rings is 2. The van der Waals surface area contributed by atoms with Crippen LogP contribution in [0.15, 0.2) is 18.2 Å². The van der Waals surface area contributed by atoms with Gasteiger partial charge in [-0.25, -0.2) is 9.18 Å². The van der Waals surface area contributed by atoms with Gasteiger partial charge < -0.3 is 15.0 Å². The number of imide groups is 1. The zero-order valence-corrected chi connectivity index (χ0v) is 19.4. The van der Waals surface area contributed by atoms with Gasteiger partial charge in [0.15, 0.2) is 0 Å². The Labute approximate surface area is 191 Å². The number of likely N-dealkylation sites (tertiary alicyclic amines) is 1. The average Bonchev–Trinajstić information content (AvgIpc) is 3.04. The fraction of sp³-hybridized carbons (Fsp3) is 0.565. The molecule has 2 saturated heterocycles. The van der Waals surface area contributed by atoms with Gasteiger partial charge in [0.05, 0.1) is 29.7 Å². The molecule has 3 amide bonds. The number of carbonyl (C=O) groups is 3. The molecule has 2 N–H and O–H groups in total. The van der Waals surface area contributed by atoms with Crippen molar-refractivity contribution in [3.8, 4) is 0 Å². The normalized spacial score (nSPS) is 24.0. The summed E-state index contributed by atoms with van der Waals surface area (Å²) < 4.78 is 21.9. The van der Waals surface area contributed by atoms with E-state index in [0.29, 0.717) is 25.1 Å². The largest absolute Gasteiger partial charge is 0.444 e. The summed E-state index contributed by atoms with van der Waals surface area (Å²) in [6, 6.07) is 5.15. The maximum absolute atomic E-state index is 14.9. The number of halogens is 1. The van der Waals surface area contributed by atoms with Crippen LogP contribution >= 0.6 is 0 Å². The van der Waals surface area contributed by atoms with Crippen molar-refractivity contribution in [3.63, 3.8) is 0 Å². The Morgan fingerprint density at radius 1 is 1.27 bits per heavy atom. The molecule has 3 heterocycles. The Balaban J connectivity index is 1.46. The monoisotopic (exact) mass is 459 g/mol. The van der Waals surface area contributed by atoms with E-state index in [9.17, 15) is 18.8 Å². The van der Waals surface area contributed by atoms with Gasteiger partial charge in [0.2, 0.25) is 11.8 Å². The summed E-state index contributed by atoms with van der Waals surface area (Å²) >= 11 is 0. The number of benzene rings is 1. The number of amides is 3. The fourth-order valence-electron chi connectivity index (χ4n) is 4.36. The molecule has 4 rings (SSSR count). The number of fused-ring (bicyclic) bond motifs is 1. The standard InChI is InChI=1S/C23H30FN5O4/c1-23(2,3)33-22(32)29-10-9-17(16(24)12-29)25-13-5-6-14-18(11-13)28(4)27-20(14)15-7-8-19(30)26-21(15)31/h5-6,11,15-17,25H,7-10,12H2,1-4H3,(H,26,30,31)/t15?,16-,17-/m0/s1. The smallest absolute Gasteiger partial charge is 0.410 e. The summed E-state index contributed by atoms with van der Waals surface area (Å²) in [6.07, 6.45) is -0.580. The van der Waals surface area contributed by atoms with Gasteiger partial charge >= 0.3 is 6.09 Å². The third kappa shape index (κ3) is 4.94. The third-order valence-electron chi connectivity index (χ3n) is 5.99. The van der Waals surface area contributed by atoms with Crippen LogP contribution in [0, 0.1) is 0 Å². The molecule has 0 spiro atoms. The van der Waals surface area contributed by atoms with E-state index in [2.05, 4.69) is 15.7 Å². The highest BCUT2D eigenvalue weighted by Gasteiger charge is 2.34. The van der Waals surface area contributed by atoms with E-state index in [1.54, 1.807) is 32.5 Å². The lowest BCUT2D eigenvalue weighted by Crippen LogP contribution is -2.51. The number of hydrogen-bond donors (Lipinski definition) is 2. The predicted molar refractivity (Wildman–Crippen MR) is 121 cm³/mol. The quantitative estimate of drug-likeness (QED) is 0.684. The number of ether oxygens (including phenoxy) is 1. The lowest BCUT2D eigenvalue weighted by Gasteiger charge is -2.36. The van der Waals surface area contributed by atoms with Crippen molar-refractivity contribution in [1.29, 1.82) is 0 Å². The number of nitrogens with one attached hydrogen (secondary N) is 2. The zero-order valence-electron chi connectivity index (χ0n) is 19.4. The first kappa shape index (κ1) is 23.0. The second-order valence-electron chi connectivity index (χ2n) is 9.73. The minimum Gasteiger partial charge on any atom is -0.444 e. The third-order valence-corrected chi connectivity index (χ3v) is 5.99. The van der Waals surface area contributed by atoms with Crippen LogP contribution in [-0.2, 0) is 21.4 Å². The molecule has 0 bridgehead atoms. The first-order valence-corrected chi connectivity index (χ1v) is 11.2. The SMILES string of the molecule is Cn1nc(C2CCC(=O)NC2=O)c2ccc(N[C@H]3CCN(C(=O)OC(C)(C)C)C[C@@H]3F)cc21. The van der Waals surface area contributed by atoms with Crippen molar-refractivity contribution in [2.45, 2.75) is 63.8 Å². The summed E-state index contributed by atoms with van der Waals surface area (Å²) in [5, 5.41) is 11.0. The van der Waals surface area contributed by atoms with Crippen LogP contribution in [0.5, 0.6) is 0 Å². The molecule has 33 heavy (non-hydrogen) atoms. The van der Waals surface area contributed by atoms with Gasteiger partial charge in [-0.05, 0) is 51.8 Å². The Hall–Kier alpha value is -3.17. The number of alkyl halides is 1. The highest BCUT2D eigenvalue weighted by Crippen LogP contribution is 2.32. The molecular weight excluding hydrogens is 429 g/mol. The van der Waals surface area contributed by atoms with Gasteiger partial charge in [0.25, 0.3) is 0 Å². The number of carbonyl (C=O) groups excluding carboxylic acids is 3. The first-order valence-electron chi connectivity index (χ1n) is 11.2. The van der Waals surface area contributed by atoms with Crippen molar-refractivity contribution < 1.29 is 23.5 Å². The number of rotatable bonds is 3. The number of anilines is 1. The Bertz CT molecular complexity index is 1090. The van der Waals surface area contributed by atoms with Crippen LogP contribution in [0.2, 0.25) is 0 Å². The second-order valence-corrected chi connectivity index (χ2v) is 9.73. The molecule has 0 radical (unpaired) electrons. The van der Waals surface area contributed by atoms with Crippen molar-refractivity contribution in [2.75, 3.05) is 18.4 Å². The van der Waals surface area contributed by atoms with Crippen LogP contribution in [-0.4, -0.2) is 63.5 Å². The number of aromatic nitrogens is 2. The Morgan fingerprint density at radius 3 is 2.70 bits per heavy atom. The molecule has 1 aromatic heterocycles. The molecule has 0 aliphatic carbocycles. The van der Waals surface area contributed by atoms with E-state index < -0.39 is 29.8 Å². The molecular formula is C23H30FN5O4. The van der Waals surface area contributed by atoms with Gasteiger partial charge in [-0.15, -0.1) is 0 Å². The van der Waals surface area contributed by atoms with E-state index in [0.717, 1.165) is 16.6 Å². The molecule has 2 aromatic rings. The molecule has 178 valence electrons. The van der Waals surface area contributed by atoms with Crippen LogP contribution in [0.3, 0.4) is 0 Å². The van der Waals surface area contributed by atoms with Crippen molar-refractivity contribution in [3.05, 3.63) is 23.9 Å². The van der Waals surface area contributed by atoms with E-state index >= 15 is 0 Å². The lowest BCUT2D eigenvalue weighted by molar-refractivity contribution is -0.134. The zero-order chi connectivity index (χ0) is 23.9. The number of hydrogen-bond acceptors (Lipinski definition) is 6. The van der Waals surface area contributed by atoms with Gasteiger partial charge in [0.1, 0.15) is 11.8 Å². The van der Waals surface area contributed by atoms with Gasteiger partial charge in [-0.1, -0.05) is 0 Å². The molecule has 2 aliphatic heterocycles. The van der Waals surface area contributed by atoms with Crippen molar-refractivity contribution >= 4 is 34.5 Å². The van der Waals surface area contributed by atoms with Gasteiger partial charge in [-0.2, -0.15) is 5.10 Å². The van der Waals surface area contributed by atoms with Crippen molar-refractivity contribution in [1.82, 2.24) is 20.0 Å². The lowest BCUT2D eigenvalue weighted by atomic mass is 9.93. The molecule has 0 saturated carbocycles. The van der Waals surface area contributed by atoms with Crippen LogP contribution in [0.25, 0.3) is 10.9 Å². The van der Waals surface area contributed by atoms with Crippen molar-refractivity contribution in [2.24, 2.45) is 7.05 Å². The highest BCUT2D eigenvalue weighted by atomic mass is 19.1. The Kier molecular flexibility index (Phi) is 6.02. The predicted octanol–water partition coefficient (Wildman–Crippen LogP) is 2.85. The van der Waals surface area contributed by atoms with E-state index in [1.165, 1.54) is 4.90 Å². The number of nitrogens with zero attached hydrogens (tertiary/aromatic N) is 3. The second kappa shape index (κ2) is 8.64. The maximum atomic E-state index is 14.9. The molecule has 2 aliphatic rings. The Morgan fingerprint density at radius 2 is 2.03 bits per heavy atom. The molecule has 2 fully saturated rings. The van der Waals surface area contributed by atoms with Crippen LogP contribution in [0.4, 0.5) is 14.9 Å². The topological polar surface area (TPSA) is 106 Å². The molecule has 10 heteroatoms. The van der Waals surface area contributed by atoms with E-state index in [1.807, 2.05) is 18.2 Å².